The molecule has 0 aliphatic carbocycles. The first kappa shape index (κ1) is 19.1. The maximum Gasteiger partial charge on any atom is 0.234 e. The highest BCUT2D eigenvalue weighted by molar-refractivity contribution is 7.99. The maximum absolute atomic E-state index is 13.3. The number of carbonyl (C=O) groups is 1. The van der Waals surface area contributed by atoms with Crippen LogP contribution in [0.5, 0.6) is 5.75 Å². The van der Waals surface area contributed by atoms with Gasteiger partial charge in [0.05, 0.1) is 18.4 Å². The second-order valence-electron chi connectivity index (χ2n) is 6.38. The molecule has 0 aliphatic rings. The molecule has 0 spiro atoms. The van der Waals surface area contributed by atoms with Crippen LogP contribution in [0.3, 0.4) is 0 Å². The fourth-order valence-electron chi connectivity index (χ4n) is 3.08. The number of aromatic nitrogens is 3. The number of halogens is 2. The third-order valence-electron chi connectivity index (χ3n) is 4.35. The summed E-state index contributed by atoms with van der Waals surface area (Å²) < 4.78 is 33.7. The molecule has 0 fully saturated rings. The van der Waals surface area contributed by atoms with Crippen molar-refractivity contribution in [2.75, 3.05) is 18.2 Å². The smallest absolute Gasteiger partial charge is 0.234 e. The molecule has 1 amide bonds. The van der Waals surface area contributed by atoms with Crippen LogP contribution in [0.4, 0.5) is 14.5 Å². The Hall–Kier alpha value is -3.20. The number of hydrogen-bond acceptors (Lipinski definition) is 5. The summed E-state index contributed by atoms with van der Waals surface area (Å²) in [5.74, 6) is -1.23. The van der Waals surface area contributed by atoms with E-state index in [1.54, 1.807) is 7.11 Å². The number of thioether (sulfide) groups is 1. The lowest BCUT2D eigenvalue weighted by Gasteiger charge is -2.09. The minimum atomic E-state index is -0.757. The number of carbonyl (C=O) groups excluding carboxylic acids is 1. The predicted octanol–water partition coefficient (Wildman–Crippen LogP) is 4.21. The lowest BCUT2D eigenvalue weighted by Crippen LogP contribution is -2.14. The van der Waals surface area contributed by atoms with Crippen molar-refractivity contribution >= 4 is 39.9 Å². The van der Waals surface area contributed by atoms with E-state index in [0.717, 1.165) is 34.7 Å². The summed E-state index contributed by atoms with van der Waals surface area (Å²) in [5.41, 5.74) is 2.62. The molecule has 9 heteroatoms. The second kappa shape index (κ2) is 7.67. The van der Waals surface area contributed by atoms with Crippen molar-refractivity contribution in [3.8, 4) is 5.75 Å². The highest BCUT2D eigenvalue weighted by Gasteiger charge is 2.14. The van der Waals surface area contributed by atoms with Gasteiger partial charge in [0.2, 0.25) is 5.91 Å². The van der Waals surface area contributed by atoms with Crippen LogP contribution in [0.25, 0.3) is 16.6 Å². The van der Waals surface area contributed by atoms with E-state index in [0.29, 0.717) is 16.6 Å². The van der Waals surface area contributed by atoms with Crippen LogP contribution in [0, 0.1) is 18.6 Å². The topological polar surface area (TPSA) is 68.5 Å². The Balaban J connectivity index is 1.61. The van der Waals surface area contributed by atoms with Gasteiger partial charge in [-0.1, -0.05) is 11.8 Å². The molecule has 2 aromatic carbocycles. The molecule has 2 aromatic heterocycles. The van der Waals surface area contributed by atoms with Crippen molar-refractivity contribution in [2.24, 2.45) is 0 Å². The standard InChI is InChI=1S/C20H16F2N4O2S/c1-11-5-18-24-25-20(26(18)17-9-15(28-2)3-4-16(11)17)29-10-19(27)23-14-7-12(21)6-13(22)8-14/h3-9H,10H2,1-2H3,(H,23,27). The van der Waals surface area contributed by atoms with Gasteiger partial charge in [0.25, 0.3) is 0 Å². The van der Waals surface area contributed by atoms with Gasteiger partial charge in [-0.05, 0) is 42.8 Å². The predicted molar refractivity (Wildman–Crippen MR) is 107 cm³/mol. The minimum Gasteiger partial charge on any atom is -0.497 e. The lowest BCUT2D eigenvalue weighted by molar-refractivity contribution is -0.113. The fourth-order valence-corrected chi connectivity index (χ4v) is 3.83. The van der Waals surface area contributed by atoms with Gasteiger partial charge in [0.15, 0.2) is 10.8 Å². The average molecular weight is 414 g/mol. The molecule has 0 saturated heterocycles. The number of amides is 1. The third kappa shape index (κ3) is 3.86. The third-order valence-corrected chi connectivity index (χ3v) is 5.28. The van der Waals surface area contributed by atoms with Crippen molar-refractivity contribution in [3.63, 3.8) is 0 Å². The van der Waals surface area contributed by atoms with E-state index < -0.39 is 17.5 Å². The van der Waals surface area contributed by atoms with E-state index in [1.165, 1.54) is 11.8 Å². The number of nitrogens with one attached hydrogen (secondary N) is 1. The van der Waals surface area contributed by atoms with Gasteiger partial charge in [-0.15, -0.1) is 10.2 Å². The number of aryl methyl sites for hydroxylation is 1. The molecule has 29 heavy (non-hydrogen) atoms. The lowest BCUT2D eigenvalue weighted by atomic mass is 10.1. The molecule has 4 aromatic rings. The van der Waals surface area contributed by atoms with Gasteiger partial charge >= 0.3 is 0 Å². The number of pyridine rings is 1. The van der Waals surface area contributed by atoms with Crippen molar-refractivity contribution in [1.29, 1.82) is 0 Å². The summed E-state index contributed by atoms with van der Waals surface area (Å²) >= 11 is 1.18. The molecule has 0 aliphatic heterocycles. The van der Waals surface area contributed by atoms with Gasteiger partial charge < -0.3 is 10.1 Å². The van der Waals surface area contributed by atoms with Gasteiger partial charge in [-0.2, -0.15) is 0 Å². The van der Waals surface area contributed by atoms with Crippen molar-refractivity contribution in [1.82, 2.24) is 14.6 Å². The number of benzene rings is 2. The van der Waals surface area contributed by atoms with Crippen LogP contribution in [0.1, 0.15) is 5.56 Å². The van der Waals surface area contributed by atoms with Gasteiger partial charge in [0.1, 0.15) is 17.4 Å². The minimum absolute atomic E-state index is 0.00172. The summed E-state index contributed by atoms with van der Waals surface area (Å²) in [4.78, 5) is 12.2. The van der Waals surface area contributed by atoms with Gasteiger partial charge in [0, 0.05) is 23.2 Å². The fraction of sp³-hybridized carbons (Fsp3) is 0.150. The quantitative estimate of drug-likeness (QED) is 0.496. The molecule has 0 unspecified atom stereocenters. The molecule has 0 radical (unpaired) electrons. The first-order valence-corrected chi connectivity index (χ1v) is 9.64. The summed E-state index contributed by atoms with van der Waals surface area (Å²) in [7, 11) is 1.59. The van der Waals surface area contributed by atoms with E-state index >= 15 is 0 Å². The second-order valence-corrected chi connectivity index (χ2v) is 7.32. The van der Waals surface area contributed by atoms with Crippen LogP contribution >= 0.6 is 11.8 Å². The number of hydrogen-bond donors (Lipinski definition) is 1. The zero-order valence-electron chi connectivity index (χ0n) is 15.6. The van der Waals surface area contributed by atoms with E-state index in [4.69, 9.17) is 4.74 Å². The molecule has 2 heterocycles. The number of nitrogens with zero attached hydrogens (tertiary/aromatic N) is 3. The Bertz CT molecular complexity index is 1220. The van der Waals surface area contributed by atoms with E-state index in [-0.39, 0.29) is 11.4 Å². The van der Waals surface area contributed by atoms with Crippen molar-refractivity contribution < 1.29 is 18.3 Å². The zero-order chi connectivity index (χ0) is 20.5. The highest BCUT2D eigenvalue weighted by Crippen LogP contribution is 2.28. The number of methoxy groups -OCH3 is 1. The zero-order valence-corrected chi connectivity index (χ0v) is 16.4. The summed E-state index contributed by atoms with van der Waals surface area (Å²) in [6.45, 7) is 1.99. The Morgan fingerprint density at radius 2 is 1.90 bits per heavy atom. The highest BCUT2D eigenvalue weighted by atomic mass is 32.2. The van der Waals surface area contributed by atoms with Crippen molar-refractivity contribution in [3.05, 3.63) is 59.7 Å². The number of rotatable bonds is 5. The Morgan fingerprint density at radius 1 is 1.14 bits per heavy atom. The Morgan fingerprint density at radius 3 is 2.62 bits per heavy atom. The van der Waals surface area contributed by atoms with E-state index in [1.807, 2.05) is 35.6 Å². The van der Waals surface area contributed by atoms with Crippen LogP contribution in [0.2, 0.25) is 0 Å². The van der Waals surface area contributed by atoms with Gasteiger partial charge in [-0.3, -0.25) is 9.20 Å². The van der Waals surface area contributed by atoms with Crippen LogP contribution < -0.4 is 10.1 Å². The molecule has 4 rings (SSSR count). The molecular formula is C20H16F2N4O2S. The molecule has 0 bridgehead atoms. The molecule has 0 atom stereocenters. The molecule has 0 saturated carbocycles. The van der Waals surface area contributed by atoms with Crippen molar-refractivity contribution in [2.45, 2.75) is 12.1 Å². The number of ether oxygens (including phenoxy) is 1. The maximum atomic E-state index is 13.3. The summed E-state index contributed by atoms with van der Waals surface area (Å²) in [5, 5.41) is 12.4. The van der Waals surface area contributed by atoms with Crippen LogP contribution in [0.15, 0.2) is 47.6 Å². The normalized spacial score (nSPS) is 11.2. The first-order valence-electron chi connectivity index (χ1n) is 8.66. The largest absolute Gasteiger partial charge is 0.497 e. The molecule has 6 nitrogen and oxygen atoms in total. The monoisotopic (exact) mass is 414 g/mol. The molecule has 1 N–H and O–H groups in total. The average Bonchev–Trinajstić information content (AvgIpc) is 3.08. The Kier molecular flexibility index (Phi) is 5.06. The molecular weight excluding hydrogens is 398 g/mol. The van der Waals surface area contributed by atoms with Gasteiger partial charge in [-0.25, -0.2) is 8.78 Å². The SMILES string of the molecule is COc1ccc2c(C)cc3nnc(SCC(=O)Nc4cc(F)cc(F)c4)n3c2c1. The first-order chi connectivity index (χ1) is 13.9. The number of anilines is 1. The van der Waals surface area contributed by atoms with Crippen LogP contribution in [-0.2, 0) is 4.79 Å². The summed E-state index contributed by atoms with van der Waals surface area (Å²) in [6.07, 6.45) is 0. The number of fused-ring (bicyclic) bond motifs is 3. The van der Waals surface area contributed by atoms with Crippen LogP contribution in [-0.4, -0.2) is 33.4 Å². The van der Waals surface area contributed by atoms with E-state index in [9.17, 15) is 13.6 Å². The molecule has 148 valence electrons. The summed E-state index contributed by atoms with van der Waals surface area (Å²) in [6, 6.07) is 10.5. The Labute approximate surface area is 168 Å². The van der Waals surface area contributed by atoms with E-state index in [2.05, 4.69) is 15.5 Å².